The van der Waals surface area contributed by atoms with Crippen LogP contribution in [-0.4, -0.2) is 41.2 Å². The number of aromatic nitrogens is 1. The zero-order chi connectivity index (χ0) is 17.4. The lowest BCUT2D eigenvalue weighted by molar-refractivity contribution is -0.0742. The molecule has 0 atom stereocenters. The number of halogens is 2. The summed E-state index contributed by atoms with van der Waals surface area (Å²) in [6.07, 6.45) is 1.97. The van der Waals surface area contributed by atoms with Gasteiger partial charge in [-0.1, -0.05) is 6.07 Å². The van der Waals surface area contributed by atoms with Gasteiger partial charge in [0.1, 0.15) is 5.60 Å². The van der Waals surface area contributed by atoms with E-state index in [-0.39, 0.29) is 0 Å². The van der Waals surface area contributed by atoms with Crippen LogP contribution in [-0.2, 0) is 4.74 Å². The minimum absolute atomic E-state index is 0.297. The van der Waals surface area contributed by atoms with Gasteiger partial charge >= 0.3 is 6.09 Å². The van der Waals surface area contributed by atoms with Crippen molar-refractivity contribution in [3.8, 4) is 10.4 Å². The molecule has 0 spiro atoms. The summed E-state index contributed by atoms with van der Waals surface area (Å²) in [5, 5.41) is 2.66. The number of benzene rings is 1. The standard InChI is InChI=1S/C17H17F2N3O2S/c18-12-2-1-11(9-13(12)19)14-15(20-10-25-14)21-16(23)24-17-3-6-22(7-4-17)8-5-17/h1-2,9-10H,3-8H2,(H,21,23). The monoisotopic (exact) mass is 365 g/mol. The Bertz CT molecular complexity index is 789. The first-order valence-corrected chi connectivity index (χ1v) is 9.04. The molecule has 3 fully saturated rings. The van der Waals surface area contributed by atoms with E-state index in [2.05, 4.69) is 15.2 Å². The van der Waals surface area contributed by atoms with Gasteiger partial charge in [0.05, 0.1) is 10.4 Å². The number of carbonyl (C=O) groups excluding carboxylic acids is 1. The second-order valence-corrected chi connectivity index (χ2v) is 7.30. The molecule has 4 heterocycles. The minimum atomic E-state index is -0.938. The summed E-state index contributed by atoms with van der Waals surface area (Å²) in [5.74, 6) is -1.55. The molecule has 132 valence electrons. The number of piperidine rings is 3. The van der Waals surface area contributed by atoms with Crippen molar-refractivity contribution in [3.63, 3.8) is 0 Å². The fraction of sp³-hybridized carbons (Fsp3) is 0.412. The molecule has 2 bridgehead atoms. The van der Waals surface area contributed by atoms with Crippen LogP contribution in [0.3, 0.4) is 0 Å². The Morgan fingerprint density at radius 2 is 1.92 bits per heavy atom. The molecule has 1 amide bonds. The predicted octanol–water partition coefficient (Wildman–Crippen LogP) is 3.88. The zero-order valence-corrected chi connectivity index (χ0v) is 14.2. The van der Waals surface area contributed by atoms with Gasteiger partial charge in [0.15, 0.2) is 17.5 Å². The van der Waals surface area contributed by atoms with Crippen LogP contribution in [0.2, 0.25) is 0 Å². The molecule has 5 rings (SSSR count). The van der Waals surface area contributed by atoms with Gasteiger partial charge in [0, 0.05) is 38.9 Å². The molecule has 2 aromatic rings. The van der Waals surface area contributed by atoms with Crippen molar-refractivity contribution in [2.24, 2.45) is 0 Å². The zero-order valence-electron chi connectivity index (χ0n) is 13.4. The quantitative estimate of drug-likeness (QED) is 0.897. The van der Waals surface area contributed by atoms with Gasteiger partial charge in [0.2, 0.25) is 0 Å². The molecule has 8 heteroatoms. The fourth-order valence-electron chi connectivity index (χ4n) is 3.45. The average molecular weight is 365 g/mol. The third-order valence-corrected chi connectivity index (χ3v) is 5.81. The molecular weight excluding hydrogens is 348 g/mol. The fourth-order valence-corrected chi connectivity index (χ4v) is 4.19. The second-order valence-electron chi connectivity index (χ2n) is 6.45. The number of hydrogen-bond acceptors (Lipinski definition) is 5. The van der Waals surface area contributed by atoms with Crippen LogP contribution in [0.5, 0.6) is 0 Å². The number of rotatable bonds is 3. The highest BCUT2D eigenvalue weighted by Crippen LogP contribution is 2.36. The first kappa shape index (κ1) is 16.4. The topological polar surface area (TPSA) is 54.5 Å². The Morgan fingerprint density at radius 3 is 2.60 bits per heavy atom. The highest BCUT2D eigenvalue weighted by molar-refractivity contribution is 7.13. The van der Waals surface area contributed by atoms with E-state index in [1.54, 1.807) is 5.51 Å². The normalized spacial score (nSPS) is 25.0. The maximum absolute atomic E-state index is 13.5. The Balaban J connectivity index is 1.49. The Morgan fingerprint density at radius 1 is 1.20 bits per heavy atom. The van der Waals surface area contributed by atoms with E-state index in [9.17, 15) is 13.6 Å². The van der Waals surface area contributed by atoms with E-state index in [4.69, 9.17) is 4.74 Å². The van der Waals surface area contributed by atoms with E-state index in [0.29, 0.717) is 16.3 Å². The molecule has 0 radical (unpaired) electrons. The van der Waals surface area contributed by atoms with Crippen LogP contribution >= 0.6 is 11.3 Å². The summed E-state index contributed by atoms with van der Waals surface area (Å²) in [6, 6.07) is 3.61. The minimum Gasteiger partial charge on any atom is -0.443 e. The van der Waals surface area contributed by atoms with Crippen molar-refractivity contribution in [1.82, 2.24) is 9.88 Å². The maximum Gasteiger partial charge on any atom is 0.413 e. The molecule has 1 N–H and O–H groups in total. The summed E-state index contributed by atoms with van der Waals surface area (Å²) in [6.45, 7) is 2.85. The van der Waals surface area contributed by atoms with Crippen molar-refractivity contribution < 1.29 is 18.3 Å². The molecule has 5 nitrogen and oxygen atoms in total. The number of hydrogen-bond donors (Lipinski definition) is 1. The molecule has 0 unspecified atom stereocenters. The molecule has 1 aromatic heterocycles. The van der Waals surface area contributed by atoms with Gasteiger partial charge in [-0.15, -0.1) is 11.3 Å². The lowest BCUT2D eigenvalue weighted by Gasteiger charge is -2.47. The lowest BCUT2D eigenvalue weighted by atomic mass is 9.83. The van der Waals surface area contributed by atoms with Gasteiger partial charge in [-0.05, 0) is 17.7 Å². The Labute approximate surface area is 147 Å². The Kier molecular flexibility index (Phi) is 4.16. The SMILES string of the molecule is O=C(Nc1ncsc1-c1ccc(F)c(F)c1)OC12CCN(CC1)CC2. The number of carbonyl (C=O) groups is 1. The van der Waals surface area contributed by atoms with Crippen molar-refractivity contribution in [2.45, 2.75) is 24.9 Å². The number of fused-ring (bicyclic) bond motifs is 3. The average Bonchev–Trinajstić information content (AvgIpc) is 3.06. The molecule has 25 heavy (non-hydrogen) atoms. The summed E-state index contributed by atoms with van der Waals surface area (Å²) in [5.41, 5.74) is 1.61. The van der Waals surface area contributed by atoms with Crippen LogP contribution in [0.15, 0.2) is 23.7 Å². The first-order valence-electron chi connectivity index (χ1n) is 8.16. The van der Waals surface area contributed by atoms with Gasteiger partial charge < -0.3 is 9.64 Å². The third kappa shape index (κ3) is 3.23. The first-order chi connectivity index (χ1) is 12.0. The molecule has 3 aliphatic heterocycles. The summed E-state index contributed by atoms with van der Waals surface area (Å²) in [4.78, 5) is 19.4. The molecule has 3 aliphatic rings. The van der Waals surface area contributed by atoms with Crippen LogP contribution in [0.25, 0.3) is 10.4 Å². The predicted molar refractivity (Wildman–Crippen MR) is 90.6 cm³/mol. The number of nitrogens with one attached hydrogen (secondary N) is 1. The van der Waals surface area contributed by atoms with Crippen LogP contribution in [0.1, 0.15) is 19.3 Å². The third-order valence-electron chi connectivity index (χ3n) is 4.93. The molecule has 3 saturated heterocycles. The van der Waals surface area contributed by atoms with E-state index in [1.165, 1.54) is 17.4 Å². The number of ether oxygens (including phenoxy) is 1. The second kappa shape index (κ2) is 6.34. The van der Waals surface area contributed by atoms with Crippen LogP contribution < -0.4 is 5.32 Å². The van der Waals surface area contributed by atoms with Crippen molar-refractivity contribution in [2.75, 3.05) is 25.0 Å². The van der Waals surface area contributed by atoms with Gasteiger partial charge in [0.25, 0.3) is 0 Å². The summed E-state index contributed by atoms with van der Waals surface area (Å²) >= 11 is 1.24. The van der Waals surface area contributed by atoms with Gasteiger partial charge in [-0.25, -0.2) is 18.6 Å². The lowest BCUT2D eigenvalue weighted by Crippen LogP contribution is -2.54. The van der Waals surface area contributed by atoms with Crippen LogP contribution in [0.4, 0.5) is 19.4 Å². The van der Waals surface area contributed by atoms with Crippen LogP contribution in [0, 0.1) is 11.6 Å². The van der Waals surface area contributed by atoms with Gasteiger partial charge in [-0.2, -0.15) is 0 Å². The molecular formula is C17H17F2N3O2S. The number of nitrogens with zero attached hydrogens (tertiary/aromatic N) is 2. The summed E-state index contributed by atoms with van der Waals surface area (Å²) in [7, 11) is 0. The number of thiazole rings is 1. The maximum atomic E-state index is 13.5. The summed E-state index contributed by atoms with van der Waals surface area (Å²) < 4.78 is 32.3. The highest BCUT2D eigenvalue weighted by Gasteiger charge is 2.42. The van der Waals surface area contributed by atoms with E-state index in [0.717, 1.165) is 51.0 Å². The van der Waals surface area contributed by atoms with Crippen molar-refractivity contribution in [3.05, 3.63) is 35.3 Å². The largest absolute Gasteiger partial charge is 0.443 e. The Hall–Kier alpha value is -2.06. The van der Waals surface area contributed by atoms with E-state index in [1.807, 2.05) is 0 Å². The number of anilines is 1. The molecule has 0 aliphatic carbocycles. The molecule has 0 saturated carbocycles. The van der Waals surface area contributed by atoms with Crippen molar-refractivity contribution in [1.29, 1.82) is 0 Å². The van der Waals surface area contributed by atoms with E-state index >= 15 is 0 Å². The highest BCUT2D eigenvalue weighted by atomic mass is 32.1. The smallest absolute Gasteiger partial charge is 0.413 e. The number of amides is 1. The van der Waals surface area contributed by atoms with Crippen molar-refractivity contribution >= 4 is 23.2 Å². The van der Waals surface area contributed by atoms with E-state index < -0.39 is 23.3 Å². The van der Waals surface area contributed by atoms with Gasteiger partial charge in [-0.3, -0.25) is 5.32 Å². The molecule has 1 aromatic carbocycles.